The number of H-pyrrole nitrogens is 1. The summed E-state index contributed by atoms with van der Waals surface area (Å²) in [6.07, 6.45) is 0. The molecule has 0 unspecified atom stereocenters. The maximum Gasteiger partial charge on any atom is 0.191 e. The van der Waals surface area contributed by atoms with E-state index in [1.165, 1.54) is 0 Å². The van der Waals surface area contributed by atoms with Crippen LogP contribution in [0.25, 0.3) is 11.4 Å². The lowest BCUT2D eigenvalue weighted by atomic mass is 10.2. The highest BCUT2D eigenvalue weighted by Crippen LogP contribution is 2.18. The Kier molecular flexibility index (Phi) is 6.60. The average molecular weight is 330 g/mol. The van der Waals surface area contributed by atoms with Gasteiger partial charge in [0, 0.05) is 18.7 Å². The summed E-state index contributed by atoms with van der Waals surface area (Å²) in [6, 6.07) is 7.65. The molecule has 0 aliphatic rings. The number of ether oxygens (including phenoxy) is 1. The van der Waals surface area contributed by atoms with E-state index in [0.717, 1.165) is 36.2 Å². The van der Waals surface area contributed by atoms with E-state index in [2.05, 4.69) is 44.7 Å². The van der Waals surface area contributed by atoms with Crippen LogP contribution in [-0.4, -0.2) is 41.3 Å². The Morgan fingerprint density at radius 2 is 2.00 bits per heavy atom. The highest BCUT2D eigenvalue weighted by atomic mass is 16.5. The molecule has 2 rings (SSSR count). The monoisotopic (exact) mass is 330 g/mol. The molecule has 0 atom stereocenters. The fraction of sp³-hybridized carbons (Fsp3) is 0.471. The van der Waals surface area contributed by atoms with Crippen molar-refractivity contribution in [3.05, 3.63) is 30.1 Å². The van der Waals surface area contributed by atoms with Crippen LogP contribution in [0.2, 0.25) is 0 Å². The lowest BCUT2D eigenvalue weighted by Gasteiger charge is -2.12. The molecule has 7 heteroatoms. The van der Waals surface area contributed by atoms with Crippen molar-refractivity contribution in [1.29, 1.82) is 0 Å². The predicted molar refractivity (Wildman–Crippen MR) is 96.0 cm³/mol. The molecule has 24 heavy (non-hydrogen) atoms. The summed E-state index contributed by atoms with van der Waals surface area (Å²) >= 11 is 0. The van der Waals surface area contributed by atoms with E-state index in [1.54, 1.807) is 7.11 Å². The molecule has 3 N–H and O–H groups in total. The molecule has 0 spiro atoms. The van der Waals surface area contributed by atoms with Crippen molar-refractivity contribution in [2.75, 3.05) is 20.2 Å². The van der Waals surface area contributed by atoms with Crippen molar-refractivity contribution < 1.29 is 4.74 Å². The van der Waals surface area contributed by atoms with Gasteiger partial charge in [-0.25, -0.2) is 9.98 Å². The fourth-order valence-electron chi connectivity index (χ4n) is 2.03. The summed E-state index contributed by atoms with van der Waals surface area (Å²) in [5.41, 5.74) is 0.937. The van der Waals surface area contributed by atoms with Crippen molar-refractivity contribution in [3.63, 3.8) is 0 Å². The van der Waals surface area contributed by atoms with E-state index in [-0.39, 0.29) is 0 Å². The largest absolute Gasteiger partial charge is 0.497 e. The zero-order valence-corrected chi connectivity index (χ0v) is 14.8. The van der Waals surface area contributed by atoms with Crippen LogP contribution in [0.15, 0.2) is 29.3 Å². The minimum Gasteiger partial charge on any atom is -0.497 e. The van der Waals surface area contributed by atoms with Crippen LogP contribution in [0.3, 0.4) is 0 Å². The summed E-state index contributed by atoms with van der Waals surface area (Å²) in [7, 11) is 1.65. The first kappa shape index (κ1) is 17.8. The molecule has 0 fully saturated rings. The molecule has 1 heterocycles. The Hall–Kier alpha value is -2.57. The molecule has 2 aromatic rings. The minimum atomic E-state index is 0.441. The Labute approximate surface area is 142 Å². The molecule has 0 radical (unpaired) electrons. The molecule has 1 aromatic heterocycles. The molecular formula is C17H26N6O. The average Bonchev–Trinajstić information content (AvgIpc) is 3.06. The lowest BCUT2D eigenvalue weighted by Crippen LogP contribution is -2.39. The summed E-state index contributed by atoms with van der Waals surface area (Å²) in [4.78, 5) is 9.02. The van der Waals surface area contributed by atoms with E-state index in [1.807, 2.05) is 31.2 Å². The van der Waals surface area contributed by atoms with Crippen molar-refractivity contribution in [2.45, 2.75) is 27.3 Å². The molecule has 7 nitrogen and oxygen atoms in total. The molecule has 0 aliphatic carbocycles. The summed E-state index contributed by atoms with van der Waals surface area (Å²) in [5.74, 6) is 3.53. The van der Waals surface area contributed by atoms with Crippen molar-refractivity contribution in [2.24, 2.45) is 10.9 Å². The number of methoxy groups -OCH3 is 1. The van der Waals surface area contributed by atoms with E-state index >= 15 is 0 Å². The smallest absolute Gasteiger partial charge is 0.191 e. The third kappa shape index (κ3) is 5.26. The first-order valence-corrected chi connectivity index (χ1v) is 8.20. The molecule has 0 amide bonds. The van der Waals surface area contributed by atoms with E-state index in [9.17, 15) is 0 Å². The minimum absolute atomic E-state index is 0.441. The van der Waals surface area contributed by atoms with Crippen LogP contribution in [0.5, 0.6) is 5.75 Å². The van der Waals surface area contributed by atoms with Crippen molar-refractivity contribution in [1.82, 2.24) is 25.8 Å². The number of hydrogen-bond donors (Lipinski definition) is 3. The highest BCUT2D eigenvalue weighted by Gasteiger charge is 2.06. The van der Waals surface area contributed by atoms with Gasteiger partial charge < -0.3 is 15.4 Å². The first-order chi connectivity index (χ1) is 11.6. The quantitative estimate of drug-likeness (QED) is 0.535. The number of hydrogen-bond acceptors (Lipinski definition) is 4. The number of aromatic amines is 1. The number of aromatic nitrogens is 3. The summed E-state index contributed by atoms with van der Waals surface area (Å²) < 4.78 is 5.16. The summed E-state index contributed by atoms with van der Waals surface area (Å²) in [5, 5.41) is 13.7. The van der Waals surface area contributed by atoms with Crippen molar-refractivity contribution >= 4 is 5.96 Å². The lowest BCUT2D eigenvalue weighted by molar-refractivity contribution is 0.415. The van der Waals surface area contributed by atoms with Gasteiger partial charge in [-0.3, -0.25) is 5.10 Å². The van der Waals surface area contributed by atoms with Crippen LogP contribution >= 0.6 is 0 Å². The van der Waals surface area contributed by atoms with Crippen LogP contribution in [0, 0.1) is 5.92 Å². The normalized spacial score (nSPS) is 11.6. The zero-order valence-electron chi connectivity index (χ0n) is 14.8. The molecule has 0 bridgehead atoms. The molecule has 0 aliphatic heterocycles. The van der Waals surface area contributed by atoms with Crippen LogP contribution < -0.4 is 15.4 Å². The standard InChI is InChI=1S/C17H26N6O/c1-5-18-17(19-10-12(2)3)20-11-15-21-16(23-22-15)13-6-8-14(24-4)9-7-13/h6-9,12H,5,10-11H2,1-4H3,(H2,18,19,20)(H,21,22,23). The van der Waals surface area contributed by atoms with Gasteiger partial charge >= 0.3 is 0 Å². The number of benzene rings is 1. The Morgan fingerprint density at radius 1 is 1.25 bits per heavy atom. The van der Waals surface area contributed by atoms with E-state index < -0.39 is 0 Å². The Bertz CT molecular complexity index is 647. The maximum absolute atomic E-state index is 5.16. The van der Waals surface area contributed by atoms with E-state index in [0.29, 0.717) is 18.3 Å². The second-order valence-corrected chi connectivity index (χ2v) is 5.80. The zero-order chi connectivity index (χ0) is 17.4. The second-order valence-electron chi connectivity index (χ2n) is 5.80. The number of nitrogens with one attached hydrogen (secondary N) is 3. The third-order valence-corrected chi connectivity index (χ3v) is 3.29. The SMILES string of the molecule is CCNC(=NCc1nc(-c2ccc(OC)cc2)n[nH]1)NCC(C)C. The second kappa shape index (κ2) is 8.90. The molecule has 1 aromatic carbocycles. The van der Waals surface area contributed by atoms with Crippen LogP contribution in [-0.2, 0) is 6.54 Å². The molecule has 0 saturated heterocycles. The Morgan fingerprint density at radius 3 is 2.62 bits per heavy atom. The molecular weight excluding hydrogens is 304 g/mol. The third-order valence-electron chi connectivity index (χ3n) is 3.29. The number of rotatable bonds is 7. The highest BCUT2D eigenvalue weighted by molar-refractivity contribution is 5.79. The van der Waals surface area contributed by atoms with Crippen LogP contribution in [0.4, 0.5) is 0 Å². The predicted octanol–water partition coefficient (Wildman–Crippen LogP) is 2.19. The molecule has 0 saturated carbocycles. The fourth-order valence-corrected chi connectivity index (χ4v) is 2.03. The van der Waals surface area contributed by atoms with Gasteiger partial charge in [0.05, 0.1) is 7.11 Å². The van der Waals surface area contributed by atoms with E-state index in [4.69, 9.17) is 4.74 Å². The Balaban J connectivity index is 2.01. The van der Waals surface area contributed by atoms with Gasteiger partial charge in [-0.2, -0.15) is 5.10 Å². The van der Waals surface area contributed by atoms with Gasteiger partial charge in [-0.15, -0.1) is 0 Å². The van der Waals surface area contributed by atoms with Crippen molar-refractivity contribution in [3.8, 4) is 17.1 Å². The molecule has 130 valence electrons. The topological polar surface area (TPSA) is 87.2 Å². The number of guanidine groups is 1. The maximum atomic E-state index is 5.16. The van der Waals surface area contributed by atoms with Gasteiger partial charge in [0.2, 0.25) is 0 Å². The van der Waals surface area contributed by atoms with Gasteiger partial charge in [-0.1, -0.05) is 13.8 Å². The number of nitrogens with zero attached hydrogens (tertiary/aromatic N) is 3. The van der Waals surface area contributed by atoms with Gasteiger partial charge in [-0.05, 0) is 37.1 Å². The first-order valence-electron chi connectivity index (χ1n) is 8.20. The number of aliphatic imine (C=N–C) groups is 1. The van der Waals surface area contributed by atoms with Gasteiger partial charge in [0.1, 0.15) is 18.1 Å². The summed E-state index contributed by atoms with van der Waals surface area (Å²) in [6.45, 7) is 8.50. The van der Waals surface area contributed by atoms with Gasteiger partial charge in [0.25, 0.3) is 0 Å². The van der Waals surface area contributed by atoms with Crippen LogP contribution in [0.1, 0.15) is 26.6 Å². The van der Waals surface area contributed by atoms with Gasteiger partial charge in [0.15, 0.2) is 11.8 Å².